The molecular weight excluding hydrogens is 468 g/mol. The number of carbonyl (C=O) groups excluding carboxylic acids is 2. The lowest BCUT2D eigenvalue weighted by Gasteiger charge is -2.20. The van der Waals surface area contributed by atoms with Gasteiger partial charge in [0.1, 0.15) is 12.6 Å². The fourth-order valence-electron chi connectivity index (χ4n) is 3.84. The van der Waals surface area contributed by atoms with Crippen LogP contribution in [0.5, 0.6) is 0 Å². The van der Waals surface area contributed by atoms with Crippen LogP contribution in [-0.4, -0.2) is 16.6 Å². The molecule has 3 aromatic carbocycles. The first kappa shape index (κ1) is 25.4. The lowest BCUT2D eigenvalue weighted by atomic mass is 9.99. The van der Waals surface area contributed by atoms with Gasteiger partial charge in [0.2, 0.25) is 5.56 Å². The minimum absolute atomic E-state index is 0.0671. The summed E-state index contributed by atoms with van der Waals surface area (Å²) < 4.78 is 6.86. The van der Waals surface area contributed by atoms with Crippen molar-refractivity contribution < 1.29 is 14.3 Å². The van der Waals surface area contributed by atoms with Gasteiger partial charge in [0.15, 0.2) is 0 Å². The molecule has 0 fully saturated rings. The van der Waals surface area contributed by atoms with Crippen LogP contribution in [0.2, 0.25) is 0 Å². The number of aryl methyl sites for hydroxylation is 1. The highest BCUT2D eigenvalue weighted by Gasteiger charge is 2.24. The lowest BCUT2D eigenvalue weighted by Crippen LogP contribution is -2.37. The highest BCUT2D eigenvalue weighted by Crippen LogP contribution is 2.24. The zero-order valence-electron chi connectivity index (χ0n) is 20.4. The Bertz CT molecular complexity index is 1450. The zero-order chi connectivity index (χ0) is 26.2. The van der Waals surface area contributed by atoms with Gasteiger partial charge in [0.05, 0.1) is 0 Å². The first-order valence-corrected chi connectivity index (χ1v) is 11.8. The van der Waals surface area contributed by atoms with Crippen molar-refractivity contribution >= 4 is 17.7 Å². The van der Waals surface area contributed by atoms with E-state index in [2.05, 4.69) is 10.6 Å². The Labute approximate surface area is 214 Å². The number of rotatable bonds is 8. The Morgan fingerprint density at radius 2 is 1.65 bits per heavy atom. The molecule has 0 radical (unpaired) electrons. The molecule has 4 N–H and O–H groups in total. The summed E-state index contributed by atoms with van der Waals surface area (Å²) in [7, 11) is 1.67. The topological polar surface area (TPSA) is 115 Å². The molecule has 0 aliphatic rings. The van der Waals surface area contributed by atoms with Crippen LogP contribution in [0.4, 0.5) is 10.5 Å². The third-order valence-corrected chi connectivity index (χ3v) is 5.81. The van der Waals surface area contributed by atoms with Crippen LogP contribution in [0.1, 0.15) is 22.7 Å². The van der Waals surface area contributed by atoms with Gasteiger partial charge < -0.3 is 25.7 Å². The normalized spacial score (nSPS) is 11.4. The number of anilines is 1. The van der Waals surface area contributed by atoms with E-state index in [9.17, 15) is 14.4 Å². The van der Waals surface area contributed by atoms with Crippen LogP contribution in [-0.2, 0) is 29.7 Å². The largest absolute Gasteiger partial charge is 0.445 e. The lowest BCUT2D eigenvalue weighted by molar-refractivity contribution is -0.118. The van der Waals surface area contributed by atoms with Gasteiger partial charge in [-0.1, -0.05) is 60.7 Å². The molecule has 0 saturated carbocycles. The van der Waals surface area contributed by atoms with Gasteiger partial charge in [0.25, 0.3) is 5.91 Å². The molecule has 0 saturated heterocycles. The molecule has 0 bridgehead atoms. The Balaban J connectivity index is 1.60. The molecule has 8 heteroatoms. The van der Waals surface area contributed by atoms with Gasteiger partial charge >= 0.3 is 6.09 Å². The fourth-order valence-corrected chi connectivity index (χ4v) is 3.84. The van der Waals surface area contributed by atoms with Gasteiger partial charge in [0, 0.05) is 31.5 Å². The highest BCUT2D eigenvalue weighted by atomic mass is 16.5. The maximum atomic E-state index is 13.4. The monoisotopic (exact) mass is 496 g/mol. The number of aromatic nitrogens is 1. The van der Waals surface area contributed by atoms with Crippen molar-refractivity contribution in [3.05, 3.63) is 124 Å². The number of nitrogens with zero attached hydrogens (tertiary/aromatic N) is 1. The number of alkyl carbamates (subject to hydrolysis) is 1. The fraction of sp³-hybridized carbons (Fsp3) is 0.138. The summed E-state index contributed by atoms with van der Waals surface area (Å²) in [6.45, 7) is 0.399. The number of nitrogens with two attached hydrogens (primary N) is 1. The van der Waals surface area contributed by atoms with Crippen LogP contribution in [0.3, 0.4) is 0 Å². The van der Waals surface area contributed by atoms with Crippen LogP contribution in [0, 0.1) is 0 Å². The number of carbonyl (C=O) groups is 2. The minimum Gasteiger partial charge on any atom is -0.445 e. The van der Waals surface area contributed by atoms with Gasteiger partial charge in [-0.2, -0.15) is 0 Å². The molecule has 8 nitrogen and oxygen atoms in total. The van der Waals surface area contributed by atoms with Crippen molar-refractivity contribution in [1.29, 1.82) is 0 Å². The number of amides is 2. The van der Waals surface area contributed by atoms with E-state index in [1.54, 1.807) is 55.7 Å². The van der Waals surface area contributed by atoms with Crippen LogP contribution in [0.15, 0.2) is 102 Å². The van der Waals surface area contributed by atoms with Gasteiger partial charge in [-0.15, -0.1) is 0 Å². The van der Waals surface area contributed by atoms with Gasteiger partial charge in [-0.25, -0.2) is 4.79 Å². The minimum atomic E-state index is -1.04. The summed E-state index contributed by atoms with van der Waals surface area (Å²) >= 11 is 0. The number of hydrogen-bond donors (Lipinski definition) is 3. The third-order valence-electron chi connectivity index (χ3n) is 5.81. The smallest absolute Gasteiger partial charge is 0.408 e. The molecule has 4 aromatic rings. The molecular formula is C29H28N4O4. The number of pyridine rings is 1. The second kappa shape index (κ2) is 11.8. The third kappa shape index (κ3) is 6.71. The molecule has 0 aliphatic carbocycles. The second-order valence-electron chi connectivity index (χ2n) is 8.53. The molecule has 37 heavy (non-hydrogen) atoms. The van der Waals surface area contributed by atoms with Gasteiger partial charge in [-0.3, -0.25) is 9.59 Å². The number of hydrogen-bond acceptors (Lipinski definition) is 5. The van der Waals surface area contributed by atoms with Crippen molar-refractivity contribution in [1.82, 2.24) is 9.88 Å². The van der Waals surface area contributed by atoms with Crippen molar-refractivity contribution in [3.63, 3.8) is 0 Å². The van der Waals surface area contributed by atoms with Crippen LogP contribution >= 0.6 is 0 Å². The average Bonchev–Trinajstić information content (AvgIpc) is 2.92. The number of nitrogens with one attached hydrogen (secondary N) is 2. The van der Waals surface area contributed by atoms with E-state index in [4.69, 9.17) is 10.5 Å². The quantitative estimate of drug-likeness (QED) is 0.339. The maximum Gasteiger partial charge on any atom is 0.408 e. The molecule has 188 valence electrons. The van der Waals surface area contributed by atoms with Crippen molar-refractivity contribution in [2.75, 3.05) is 5.32 Å². The molecule has 1 atom stereocenters. The predicted molar refractivity (Wildman–Crippen MR) is 143 cm³/mol. The Morgan fingerprint density at radius 1 is 0.892 bits per heavy atom. The summed E-state index contributed by atoms with van der Waals surface area (Å²) in [4.78, 5) is 37.9. The van der Waals surface area contributed by atoms with E-state index >= 15 is 0 Å². The molecule has 0 unspecified atom stereocenters. The maximum absolute atomic E-state index is 13.4. The summed E-state index contributed by atoms with van der Waals surface area (Å²) in [6, 6.07) is 25.9. The van der Waals surface area contributed by atoms with Crippen molar-refractivity contribution in [2.45, 2.75) is 19.2 Å². The number of benzene rings is 3. The van der Waals surface area contributed by atoms with Gasteiger partial charge in [-0.05, 0) is 52.1 Å². The predicted octanol–water partition coefficient (Wildman–Crippen LogP) is 4.12. The van der Waals surface area contributed by atoms with Crippen LogP contribution in [0.25, 0.3) is 11.1 Å². The Hall–Kier alpha value is -4.69. The van der Waals surface area contributed by atoms with E-state index in [1.807, 2.05) is 42.5 Å². The first-order chi connectivity index (χ1) is 17.9. The average molecular weight is 497 g/mol. The van der Waals surface area contributed by atoms with E-state index in [0.717, 1.165) is 22.3 Å². The SMILES string of the molecule is Cn1cc(-c2cccc([C@@H](NC(=O)OCc3ccccc3)C(=O)Nc3cccc(CN)c3)c2)ccc1=O. The van der Waals surface area contributed by atoms with E-state index in [-0.39, 0.29) is 12.2 Å². The molecule has 1 heterocycles. The summed E-state index contributed by atoms with van der Waals surface area (Å²) in [5, 5.41) is 5.56. The Kier molecular flexibility index (Phi) is 8.12. The number of ether oxygens (including phenoxy) is 1. The van der Waals surface area contributed by atoms with E-state index in [1.165, 1.54) is 10.6 Å². The first-order valence-electron chi connectivity index (χ1n) is 11.8. The second-order valence-corrected chi connectivity index (χ2v) is 8.53. The van der Waals surface area contributed by atoms with Crippen molar-refractivity contribution in [3.8, 4) is 11.1 Å². The standard InChI is InChI=1S/C29H28N4O4/c1-33-18-24(13-14-26(33)34)22-10-6-11-23(16-22)27(28(35)31-25-12-5-9-21(15-25)17-30)32-29(36)37-19-20-7-3-2-4-8-20/h2-16,18,27H,17,19,30H2,1H3,(H,31,35)(H,32,36)/t27-/m1/s1. The van der Waals surface area contributed by atoms with E-state index in [0.29, 0.717) is 17.8 Å². The summed E-state index contributed by atoms with van der Waals surface area (Å²) in [6.07, 6.45) is 0.989. The molecule has 0 aliphatic heterocycles. The molecule has 1 aromatic heterocycles. The van der Waals surface area contributed by atoms with Crippen molar-refractivity contribution in [2.24, 2.45) is 12.8 Å². The molecule has 0 spiro atoms. The molecule has 2 amide bonds. The van der Waals surface area contributed by atoms with E-state index < -0.39 is 18.0 Å². The van der Waals surface area contributed by atoms with Crippen LogP contribution < -0.4 is 21.9 Å². The molecule has 4 rings (SSSR count). The zero-order valence-corrected chi connectivity index (χ0v) is 20.4. The highest BCUT2D eigenvalue weighted by molar-refractivity contribution is 5.97. The summed E-state index contributed by atoms with van der Waals surface area (Å²) in [5.41, 5.74) is 9.99. The Morgan fingerprint density at radius 3 is 2.41 bits per heavy atom. The summed E-state index contributed by atoms with van der Waals surface area (Å²) in [5.74, 6) is -0.441.